The van der Waals surface area contributed by atoms with Crippen molar-refractivity contribution in [3.05, 3.63) is 0 Å². The Balaban J connectivity index is 0.0000125. The normalized spacial score (nSPS) is 29.1. The number of hydrogen-bond donors (Lipinski definition) is 3. The van der Waals surface area contributed by atoms with E-state index in [1.165, 1.54) is 0 Å². The molecule has 0 spiro atoms. The average Bonchev–Trinajstić information content (AvgIpc) is 2.90. The van der Waals surface area contributed by atoms with Gasteiger partial charge in [0.2, 0.25) is 12.2 Å². The maximum absolute atomic E-state index is 12.3. The summed E-state index contributed by atoms with van der Waals surface area (Å²) in [6, 6.07) is -1.63. The number of ether oxygens (including phenoxy) is 8. The van der Waals surface area contributed by atoms with E-state index >= 15 is 0 Å². The Morgan fingerprint density at radius 2 is 0.922 bits per heavy atom. The van der Waals surface area contributed by atoms with Crippen molar-refractivity contribution in [2.24, 2.45) is 0 Å². The van der Waals surface area contributed by atoms with E-state index in [1.54, 1.807) is 0 Å². The van der Waals surface area contributed by atoms with Gasteiger partial charge in [-0.15, -0.1) is 0 Å². The van der Waals surface area contributed by atoms with E-state index in [1.807, 2.05) is 0 Å². The molecule has 0 aromatic rings. The van der Waals surface area contributed by atoms with Crippen LogP contribution in [0, 0.1) is 0 Å². The topological polar surface area (TPSA) is 315 Å². The summed E-state index contributed by atoms with van der Waals surface area (Å²) in [5.74, 6) is -6.05. The standard InChI is InChI=1S/C24H35NO22S2.2Na/c1-9(26)25-17-20(41-11(3)28)18(15(7-38-48(32,33)34)45-23(17)44-14(6)31)47-24-22(43-13(5)30)21(42-12(4)29)19(40-10(2)27)16(46-24)8-39-49(35,36)37;;/h15-24H,7-8H2,1-6H3,(H,25,26)(H,32,33,34)(H,35,36,37);;/t15-,16-,17-,18-,19+,20-,21+,22-,23?,24+;;/m1../s1. The minimum absolute atomic E-state index is 0. The Morgan fingerprint density at radius 3 is 1.33 bits per heavy atom. The van der Waals surface area contributed by atoms with Crippen molar-refractivity contribution in [3.63, 3.8) is 0 Å². The Kier molecular flexibility index (Phi) is 20.7. The Bertz CT molecular complexity index is 1480. The number of carbonyl (C=O) groups excluding carboxylic acids is 6. The first-order valence-corrected chi connectivity index (χ1v) is 16.5. The third kappa shape index (κ3) is 17.0. The van der Waals surface area contributed by atoms with E-state index in [9.17, 15) is 54.7 Å². The molecule has 0 bridgehead atoms. The Labute approximate surface area is 335 Å². The van der Waals surface area contributed by atoms with Crippen molar-refractivity contribution >= 4 is 116 Å². The molecule has 51 heavy (non-hydrogen) atoms. The zero-order chi connectivity index (χ0) is 37.4. The van der Waals surface area contributed by atoms with Gasteiger partial charge in [-0.05, 0) is 0 Å². The molecule has 0 saturated carbocycles. The van der Waals surface area contributed by atoms with Crippen LogP contribution in [-0.2, 0) is 95.8 Å². The molecule has 2 radical (unpaired) electrons. The Hall–Kier alpha value is -1.56. The van der Waals surface area contributed by atoms with Crippen LogP contribution in [0.5, 0.6) is 0 Å². The second kappa shape index (κ2) is 21.4. The molecule has 2 saturated heterocycles. The van der Waals surface area contributed by atoms with Crippen LogP contribution in [0.25, 0.3) is 0 Å². The fourth-order valence-corrected chi connectivity index (χ4v) is 5.36. The number of rotatable bonds is 14. The summed E-state index contributed by atoms with van der Waals surface area (Å²) in [7, 11) is -10.4. The van der Waals surface area contributed by atoms with Crippen LogP contribution in [0.15, 0.2) is 0 Å². The van der Waals surface area contributed by atoms with Gasteiger partial charge in [0.25, 0.3) is 0 Å². The maximum atomic E-state index is 12.3. The third-order valence-electron chi connectivity index (χ3n) is 6.15. The summed E-state index contributed by atoms with van der Waals surface area (Å²) >= 11 is 0. The summed E-state index contributed by atoms with van der Waals surface area (Å²) in [6.07, 6.45) is -17.1. The SMILES string of the molecule is CC(=O)N[C@H]1C(OC(C)=O)O[C@H](COS(=O)(=O)O)[C@@H](O[C@@H]2O[C@H](COS(=O)(=O)O)[C@H](OC(C)=O)[C@H](OC(C)=O)[C@H]2OC(C)=O)[C@@H]1OC(C)=O.[Na].[Na]. The number of carbonyl (C=O) groups is 6. The second-order valence-electron chi connectivity index (χ2n) is 10.2. The predicted octanol–water partition coefficient (Wildman–Crippen LogP) is -3.51. The van der Waals surface area contributed by atoms with Gasteiger partial charge in [-0.3, -0.25) is 37.9 Å². The monoisotopic (exact) mass is 799 g/mol. The summed E-state index contributed by atoms with van der Waals surface area (Å²) in [5.41, 5.74) is 0. The van der Waals surface area contributed by atoms with E-state index in [4.69, 9.17) is 37.9 Å². The van der Waals surface area contributed by atoms with E-state index in [0.29, 0.717) is 0 Å². The van der Waals surface area contributed by atoms with Crippen molar-refractivity contribution in [2.75, 3.05) is 13.2 Å². The zero-order valence-electron chi connectivity index (χ0n) is 28.6. The van der Waals surface area contributed by atoms with Gasteiger partial charge in [0.15, 0.2) is 30.7 Å². The maximum Gasteiger partial charge on any atom is 0.397 e. The van der Waals surface area contributed by atoms with Gasteiger partial charge in [-0.25, -0.2) is 8.37 Å². The van der Waals surface area contributed by atoms with Crippen molar-refractivity contribution in [3.8, 4) is 0 Å². The van der Waals surface area contributed by atoms with Crippen molar-refractivity contribution in [2.45, 2.75) is 103 Å². The molecule has 0 aromatic heterocycles. The first-order valence-electron chi connectivity index (χ1n) is 13.8. The number of nitrogens with one attached hydrogen (secondary N) is 1. The quantitative estimate of drug-likeness (QED) is 0.0664. The summed E-state index contributed by atoms with van der Waals surface area (Å²) in [5, 5.41) is 2.33. The molecule has 1 unspecified atom stereocenters. The second-order valence-corrected chi connectivity index (χ2v) is 12.4. The molecule has 2 aliphatic rings. The van der Waals surface area contributed by atoms with Gasteiger partial charge < -0.3 is 43.2 Å². The molecule has 2 rings (SSSR count). The van der Waals surface area contributed by atoms with Crippen LogP contribution in [0.2, 0.25) is 0 Å². The van der Waals surface area contributed by atoms with E-state index < -0.39 is 131 Å². The molecular formula is C24H35NNa2O22S2. The molecule has 0 aliphatic carbocycles. The molecule has 2 fully saturated rings. The van der Waals surface area contributed by atoms with Gasteiger partial charge in [-0.2, -0.15) is 16.8 Å². The largest absolute Gasteiger partial charge is 0.457 e. The van der Waals surface area contributed by atoms with Crippen LogP contribution in [0.3, 0.4) is 0 Å². The van der Waals surface area contributed by atoms with Crippen molar-refractivity contribution in [1.29, 1.82) is 0 Å². The molecule has 3 N–H and O–H groups in total. The number of esters is 5. The van der Waals surface area contributed by atoms with E-state index in [2.05, 4.69) is 13.7 Å². The molecule has 282 valence electrons. The van der Waals surface area contributed by atoms with Crippen LogP contribution < -0.4 is 5.32 Å². The zero-order valence-corrected chi connectivity index (χ0v) is 34.2. The molecular weight excluding hydrogens is 764 g/mol. The van der Waals surface area contributed by atoms with E-state index in [-0.39, 0.29) is 59.1 Å². The molecule has 0 aromatic carbocycles. The van der Waals surface area contributed by atoms with Gasteiger partial charge >= 0.3 is 50.6 Å². The van der Waals surface area contributed by atoms with Gasteiger partial charge in [0, 0.05) is 101 Å². The Morgan fingerprint density at radius 1 is 0.549 bits per heavy atom. The van der Waals surface area contributed by atoms with Crippen molar-refractivity contribution in [1.82, 2.24) is 5.32 Å². The van der Waals surface area contributed by atoms with Gasteiger partial charge in [0.05, 0.1) is 13.2 Å². The molecule has 2 aliphatic heterocycles. The van der Waals surface area contributed by atoms with Gasteiger partial charge in [0.1, 0.15) is 24.4 Å². The van der Waals surface area contributed by atoms with Crippen LogP contribution in [-0.4, -0.2) is 195 Å². The summed E-state index contributed by atoms with van der Waals surface area (Å²) < 4.78 is 117. The molecule has 1 amide bonds. The number of amides is 1. The summed E-state index contributed by atoms with van der Waals surface area (Å²) in [6.45, 7) is 3.21. The first-order chi connectivity index (χ1) is 22.5. The van der Waals surface area contributed by atoms with E-state index in [0.717, 1.165) is 41.5 Å². The third-order valence-corrected chi connectivity index (χ3v) is 7.02. The van der Waals surface area contributed by atoms with Crippen LogP contribution in [0.1, 0.15) is 41.5 Å². The molecule has 10 atom stereocenters. The van der Waals surface area contributed by atoms with Gasteiger partial charge in [-0.1, -0.05) is 0 Å². The molecule has 27 heteroatoms. The fourth-order valence-electron chi connectivity index (χ4n) is 4.75. The minimum atomic E-state index is -5.22. The predicted molar refractivity (Wildman–Crippen MR) is 160 cm³/mol. The number of hydrogen-bond acceptors (Lipinski definition) is 20. The first kappa shape index (κ1) is 49.4. The van der Waals surface area contributed by atoms with Crippen LogP contribution >= 0.6 is 0 Å². The minimum Gasteiger partial charge on any atom is -0.457 e. The molecule has 23 nitrogen and oxygen atoms in total. The average molecular weight is 800 g/mol. The van der Waals surface area contributed by atoms with Crippen LogP contribution in [0.4, 0.5) is 0 Å². The molecule has 2 heterocycles. The summed E-state index contributed by atoms with van der Waals surface area (Å²) in [4.78, 5) is 72.8. The van der Waals surface area contributed by atoms with Crippen molar-refractivity contribution < 1.29 is 101 Å². The fraction of sp³-hybridized carbons (Fsp3) is 0.750. The smallest absolute Gasteiger partial charge is 0.397 e.